The molecule has 6 nitrogen and oxygen atoms in total. The van der Waals surface area contributed by atoms with Gasteiger partial charge in [-0.05, 0) is 26.8 Å². The molecule has 0 saturated carbocycles. The van der Waals surface area contributed by atoms with Crippen molar-refractivity contribution in [1.82, 2.24) is 15.0 Å². The molecule has 100 valence electrons. The molecule has 0 N–H and O–H groups in total. The average Bonchev–Trinajstić information content (AvgIpc) is 2.76. The van der Waals surface area contributed by atoms with Gasteiger partial charge in [-0.3, -0.25) is 0 Å². The summed E-state index contributed by atoms with van der Waals surface area (Å²) in [4.78, 5) is 24.0. The van der Waals surface area contributed by atoms with E-state index in [4.69, 9.17) is 9.15 Å². The van der Waals surface area contributed by atoms with Gasteiger partial charge in [0.2, 0.25) is 0 Å². The van der Waals surface area contributed by atoms with Gasteiger partial charge < -0.3 is 9.15 Å². The first-order valence-electron chi connectivity index (χ1n) is 5.71. The third-order valence-electron chi connectivity index (χ3n) is 2.11. The second kappa shape index (κ2) is 5.83. The third kappa shape index (κ3) is 3.54. The average molecular weight is 279 g/mol. The number of ether oxygens (including phenoxy) is 1. The van der Waals surface area contributed by atoms with E-state index in [9.17, 15) is 4.79 Å². The number of carbonyl (C=O) groups excluding carboxylic acids is 1. The zero-order valence-corrected chi connectivity index (χ0v) is 11.7. The van der Waals surface area contributed by atoms with Crippen molar-refractivity contribution >= 4 is 17.7 Å². The number of aryl methyl sites for hydroxylation is 2. The first-order chi connectivity index (χ1) is 9.08. The van der Waals surface area contributed by atoms with E-state index in [1.54, 1.807) is 6.92 Å². The number of aromatic nitrogens is 3. The smallest absolute Gasteiger partial charge is 0.360 e. The molecule has 0 aliphatic heterocycles. The molecule has 0 bridgehead atoms. The Morgan fingerprint density at radius 3 is 2.63 bits per heavy atom. The zero-order chi connectivity index (χ0) is 13.8. The van der Waals surface area contributed by atoms with Crippen LogP contribution in [0.15, 0.2) is 27.1 Å². The Balaban J connectivity index is 2.13. The minimum absolute atomic E-state index is 0.147. The van der Waals surface area contributed by atoms with Crippen LogP contribution in [-0.4, -0.2) is 27.5 Å². The second-order valence-corrected chi connectivity index (χ2v) is 4.67. The van der Waals surface area contributed by atoms with Crippen LogP contribution in [0, 0.1) is 13.8 Å². The fourth-order valence-electron chi connectivity index (χ4n) is 1.42. The van der Waals surface area contributed by atoms with Gasteiger partial charge in [0.15, 0.2) is 10.9 Å². The summed E-state index contributed by atoms with van der Waals surface area (Å²) in [5.74, 6) is -0.501. The van der Waals surface area contributed by atoms with Crippen LogP contribution < -0.4 is 0 Å². The standard InChI is InChI=1S/C12H13N3O3S/c1-4-17-10(16)9-6-18-12(15-9)19-11-13-7(2)5-8(3)14-11/h5-6H,4H2,1-3H3. The molecule has 0 fully saturated rings. The van der Waals surface area contributed by atoms with Crippen molar-refractivity contribution < 1.29 is 13.9 Å². The van der Waals surface area contributed by atoms with Crippen LogP contribution in [0.4, 0.5) is 0 Å². The number of oxazole rings is 1. The third-order valence-corrected chi connectivity index (χ3v) is 2.84. The molecular weight excluding hydrogens is 266 g/mol. The van der Waals surface area contributed by atoms with Gasteiger partial charge in [0.25, 0.3) is 5.22 Å². The quantitative estimate of drug-likeness (QED) is 0.628. The van der Waals surface area contributed by atoms with Crippen molar-refractivity contribution in [2.24, 2.45) is 0 Å². The van der Waals surface area contributed by atoms with Crippen molar-refractivity contribution in [3.05, 3.63) is 29.4 Å². The van der Waals surface area contributed by atoms with Gasteiger partial charge in [-0.25, -0.2) is 14.8 Å². The van der Waals surface area contributed by atoms with E-state index in [0.717, 1.165) is 23.1 Å². The number of nitrogens with zero attached hydrogens (tertiary/aromatic N) is 3. The maximum Gasteiger partial charge on any atom is 0.360 e. The number of hydrogen-bond donors (Lipinski definition) is 0. The van der Waals surface area contributed by atoms with Crippen LogP contribution in [0.3, 0.4) is 0 Å². The summed E-state index contributed by atoms with van der Waals surface area (Å²) in [5.41, 5.74) is 1.88. The highest BCUT2D eigenvalue weighted by molar-refractivity contribution is 7.98. The summed E-state index contributed by atoms with van der Waals surface area (Å²) in [7, 11) is 0. The summed E-state index contributed by atoms with van der Waals surface area (Å²) in [6.07, 6.45) is 1.27. The Labute approximate surface area is 114 Å². The van der Waals surface area contributed by atoms with Gasteiger partial charge in [0.05, 0.1) is 6.61 Å². The predicted molar refractivity (Wildman–Crippen MR) is 68.1 cm³/mol. The molecule has 0 aromatic carbocycles. The van der Waals surface area contributed by atoms with E-state index >= 15 is 0 Å². The number of rotatable bonds is 4. The summed E-state index contributed by atoms with van der Waals surface area (Å²) in [6.45, 7) is 5.81. The molecule has 0 radical (unpaired) electrons. The lowest BCUT2D eigenvalue weighted by Gasteiger charge is -1.99. The van der Waals surface area contributed by atoms with E-state index in [0.29, 0.717) is 17.0 Å². The molecule has 2 aromatic rings. The highest BCUT2D eigenvalue weighted by Gasteiger charge is 2.15. The number of hydrogen-bond acceptors (Lipinski definition) is 7. The van der Waals surface area contributed by atoms with Gasteiger partial charge in [0.1, 0.15) is 6.26 Å². The maximum atomic E-state index is 11.4. The fraction of sp³-hybridized carbons (Fsp3) is 0.333. The van der Waals surface area contributed by atoms with Gasteiger partial charge >= 0.3 is 5.97 Å². The van der Waals surface area contributed by atoms with E-state index in [2.05, 4.69) is 15.0 Å². The van der Waals surface area contributed by atoms with Gasteiger partial charge in [-0.15, -0.1) is 0 Å². The van der Waals surface area contributed by atoms with Crippen molar-refractivity contribution in [3.63, 3.8) is 0 Å². The SMILES string of the molecule is CCOC(=O)c1coc(Sc2nc(C)cc(C)n2)n1. The molecular formula is C12H13N3O3S. The molecule has 0 atom stereocenters. The monoisotopic (exact) mass is 279 g/mol. The normalized spacial score (nSPS) is 10.5. The van der Waals surface area contributed by atoms with Gasteiger partial charge in [0, 0.05) is 23.1 Å². The molecule has 19 heavy (non-hydrogen) atoms. The molecule has 0 aliphatic rings. The van der Waals surface area contributed by atoms with Crippen LogP contribution in [0.1, 0.15) is 28.8 Å². The number of esters is 1. The van der Waals surface area contributed by atoms with Crippen LogP contribution in [0.2, 0.25) is 0 Å². The first kappa shape index (κ1) is 13.5. The molecule has 0 saturated heterocycles. The summed E-state index contributed by atoms with van der Waals surface area (Å²) in [5, 5.41) is 0.850. The van der Waals surface area contributed by atoms with Crippen molar-refractivity contribution in [1.29, 1.82) is 0 Å². The largest absolute Gasteiger partial charge is 0.461 e. The van der Waals surface area contributed by atoms with Crippen LogP contribution in [-0.2, 0) is 4.74 Å². The topological polar surface area (TPSA) is 78.1 Å². The maximum absolute atomic E-state index is 11.4. The molecule has 2 rings (SSSR count). The summed E-state index contributed by atoms with van der Waals surface area (Å²) < 4.78 is 10.0. The van der Waals surface area contributed by atoms with E-state index < -0.39 is 5.97 Å². The summed E-state index contributed by atoms with van der Waals surface area (Å²) >= 11 is 1.16. The molecule has 0 aliphatic carbocycles. The Hall–Kier alpha value is -1.89. The van der Waals surface area contributed by atoms with E-state index in [1.165, 1.54) is 6.26 Å². The first-order valence-corrected chi connectivity index (χ1v) is 6.53. The lowest BCUT2D eigenvalue weighted by atomic mass is 10.4. The second-order valence-electron chi connectivity index (χ2n) is 3.75. The zero-order valence-electron chi connectivity index (χ0n) is 10.8. The van der Waals surface area contributed by atoms with Crippen LogP contribution in [0.25, 0.3) is 0 Å². The van der Waals surface area contributed by atoms with Crippen molar-refractivity contribution in [2.75, 3.05) is 6.61 Å². The lowest BCUT2D eigenvalue weighted by Crippen LogP contribution is -2.04. The Morgan fingerprint density at radius 2 is 2.00 bits per heavy atom. The van der Waals surface area contributed by atoms with E-state index in [-0.39, 0.29) is 5.69 Å². The predicted octanol–water partition coefficient (Wildman–Crippen LogP) is 2.41. The Kier molecular flexibility index (Phi) is 4.16. The number of carbonyl (C=O) groups is 1. The van der Waals surface area contributed by atoms with Gasteiger partial charge in [-0.2, -0.15) is 4.98 Å². The lowest BCUT2D eigenvalue weighted by molar-refractivity contribution is 0.0519. The minimum atomic E-state index is -0.501. The highest BCUT2D eigenvalue weighted by Crippen LogP contribution is 2.24. The minimum Gasteiger partial charge on any atom is -0.461 e. The highest BCUT2D eigenvalue weighted by atomic mass is 32.2. The van der Waals surface area contributed by atoms with E-state index in [1.807, 2.05) is 19.9 Å². The molecule has 7 heteroatoms. The molecule has 0 unspecified atom stereocenters. The Morgan fingerprint density at radius 1 is 1.32 bits per heavy atom. The molecule has 0 spiro atoms. The Bertz CT molecular complexity index is 577. The molecule has 2 heterocycles. The van der Waals surface area contributed by atoms with Crippen molar-refractivity contribution in [3.8, 4) is 0 Å². The van der Waals surface area contributed by atoms with Crippen LogP contribution in [0.5, 0.6) is 0 Å². The van der Waals surface area contributed by atoms with Crippen molar-refractivity contribution in [2.45, 2.75) is 31.2 Å². The summed E-state index contributed by atoms with van der Waals surface area (Å²) in [6, 6.07) is 1.88. The van der Waals surface area contributed by atoms with Crippen LogP contribution >= 0.6 is 11.8 Å². The molecule has 2 aromatic heterocycles. The fourth-order valence-corrected chi connectivity index (χ4v) is 2.20. The molecule has 0 amide bonds. The van der Waals surface area contributed by atoms with Gasteiger partial charge in [-0.1, -0.05) is 0 Å².